The second kappa shape index (κ2) is 5.55. The molecule has 2 aromatic heterocycles. The van der Waals surface area contributed by atoms with E-state index in [0.29, 0.717) is 18.2 Å². The Morgan fingerprint density at radius 1 is 1.38 bits per heavy atom. The lowest BCUT2D eigenvalue weighted by atomic mass is 10.2. The number of carbonyl (C=O) groups excluding carboxylic acids is 1. The number of carbonyl (C=O) groups is 2. The van der Waals surface area contributed by atoms with Crippen molar-refractivity contribution in [1.82, 2.24) is 14.3 Å². The number of carboxylic acid groups (broad SMARTS) is 1. The molecule has 0 bridgehead atoms. The first-order valence-electron chi connectivity index (χ1n) is 7.04. The van der Waals surface area contributed by atoms with Crippen molar-refractivity contribution in [3.63, 3.8) is 0 Å². The average molecular weight is 287 g/mol. The van der Waals surface area contributed by atoms with Crippen molar-refractivity contribution >= 4 is 17.5 Å². The van der Waals surface area contributed by atoms with Gasteiger partial charge in [-0.1, -0.05) is 6.07 Å². The molecular weight excluding hydrogens is 270 g/mol. The number of rotatable bonds is 6. The van der Waals surface area contributed by atoms with Crippen molar-refractivity contribution in [2.24, 2.45) is 5.92 Å². The van der Waals surface area contributed by atoms with Crippen LogP contribution in [0.5, 0.6) is 0 Å². The Balaban J connectivity index is 1.71. The van der Waals surface area contributed by atoms with Gasteiger partial charge >= 0.3 is 5.97 Å². The molecule has 3 rings (SSSR count). The van der Waals surface area contributed by atoms with Gasteiger partial charge < -0.3 is 14.4 Å². The first-order chi connectivity index (χ1) is 10.1. The summed E-state index contributed by atoms with van der Waals surface area (Å²) in [4.78, 5) is 29.0. The number of hydrogen-bond donors (Lipinski definition) is 1. The molecule has 0 spiro atoms. The van der Waals surface area contributed by atoms with Gasteiger partial charge in [0.1, 0.15) is 12.2 Å². The third-order valence-corrected chi connectivity index (χ3v) is 3.60. The molecule has 110 valence electrons. The van der Waals surface area contributed by atoms with Crippen LogP contribution >= 0.6 is 0 Å². The summed E-state index contributed by atoms with van der Waals surface area (Å²) in [5.41, 5.74) is 1.45. The molecule has 1 amide bonds. The number of hydrogen-bond acceptors (Lipinski definition) is 3. The summed E-state index contributed by atoms with van der Waals surface area (Å²) < 4.78 is 1.85. The number of aliphatic carboxylic acids is 1. The summed E-state index contributed by atoms with van der Waals surface area (Å²) >= 11 is 0. The molecule has 0 saturated heterocycles. The molecule has 21 heavy (non-hydrogen) atoms. The van der Waals surface area contributed by atoms with E-state index in [1.54, 1.807) is 0 Å². The number of amides is 1. The normalized spacial score (nSPS) is 14.3. The van der Waals surface area contributed by atoms with Crippen LogP contribution in [0.4, 0.5) is 0 Å². The third-order valence-electron chi connectivity index (χ3n) is 3.60. The van der Waals surface area contributed by atoms with Gasteiger partial charge in [0.25, 0.3) is 0 Å². The predicted octanol–water partition coefficient (Wildman–Crippen LogP) is 1.20. The molecule has 1 aliphatic carbocycles. The molecule has 1 aliphatic rings. The van der Waals surface area contributed by atoms with Crippen LogP contribution < -0.4 is 0 Å². The zero-order chi connectivity index (χ0) is 14.8. The molecule has 0 aliphatic heterocycles. The Morgan fingerprint density at radius 2 is 2.19 bits per heavy atom. The van der Waals surface area contributed by atoms with Gasteiger partial charge in [-0.3, -0.25) is 9.59 Å². The first-order valence-corrected chi connectivity index (χ1v) is 7.04. The fraction of sp³-hybridized carbons (Fsp3) is 0.400. The fourth-order valence-corrected chi connectivity index (χ4v) is 2.37. The highest BCUT2D eigenvalue weighted by molar-refractivity contribution is 5.82. The van der Waals surface area contributed by atoms with Crippen molar-refractivity contribution in [2.75, 3.05) is 13.1 Å². The summed E-state index contributed by atoms with van der Waals surface area (Å²) in [6, 6.07) is 5.65. The van der Waals surface area contributed by atoms with E-state index in [9.17, 15) is 9.59 Å². The zero-order valence-corrected chi connectivity index (χ0v) is 11.6. The number of pyridine rings is 1. The van der Waals surface area contributed by atoms with Gasteiger partial charge in [0.2, 0.25) is 5.91 Å². The first kappa shape index (κ1) is 13.6. The maximum Gasteiger partial charge on any atom is 0.323 e. The Bertz CT molecular complexity index is 643. The monoisotopic (exact) mass is 287 g/mol. The maximum absolute atomic E-state index is 12.3. The highest BCUT2D eigenvalue weighted by atomic mass is 16.4. The smallest absolute Gasteiger partial charge is 0.323 e. The number of nitrogens with zero attached hydrogens (tertiary/aromatic N) is 3. The van der Waals surface area contributed by atoms with Crippen LogP contribution in [-0.2, 0) is 16.0 Å². The van der Waals surface area contributed by atoms with E-state index in [0.717, 1.165) is 18.5 Å². The van der Waals surface area contributed by atoms with E-state index in [1.165, 1.54) is 4.90 Å². The number of carboxylic acids is 1. The van der Waals surface area contributed by atoms with Gasteiger partial charge in [-0.2, -0.15) is 0 Å². The maximum atomic E-state index is 12.3. The molecule has 2 aromatic rings. The van der Waals surface area contributed by atoms with E-state index >= 15 is 0 Å². The van der Waals surface area contributed by atoms with Gasteiger partial charge in [0.15, 0.2) is 0 Å². The van der Waals surface area contributed by atoms with Crippen LogP contribution in [0.1, 0.15) is 18.5 Å². The lowest BCUT2D eigenvalue weighted by Gasteiger charge is -2.20. The lowest BCUT2D eigenvalue weighted by Crippen LogP contribution is -2.38. The Labute approximate surface area is 122 Å². The minimum Gasteiger partial charge on any atom is -0.480 e. The largest absolute Gasteiger partial charge is 0.480 e. The van der Waals surface area contributed by atoms with E-state index in [-0.39, 0.29) is 18.9 Å². The van der Waals surface area contributed by atoms with Gasteiger partial charge in [-0.05, 0) is 30.9 Å². The predicted molar refractivity (Wildman–Crippen MR) is 75.8 cm³/mol. The van der Waals surface area contributed by atoms with Gasteiger partial charge in [0.05, 0.1) is 12.1 Å². The van der Waals surface area contributed by atoms with Gasteiger partial charge in [-0.25, -0.2) is 4.98 Å². The van der Waals surface area contributed by atoms with Crippen molar-refractivity contribution in [2.45, 2.75) is 19.3 Å². The molecule has 2 heterocycles. The van der Waals surface area contributed by atoms with E-state index < -0.39 is 5.97 Å². The van der Waals surface area contributed by atoms with Crippen LogP contribution in [0.2, 0.25) is 0 Å². The summed E-state index contributed by atoms with van der Waals surface area (Å²) in [7, 11) is 0. The third kappa shape index (κ3) is 3.39. The van der Waals surface area contributed by atoms with Crippen LogP contribution in [0.25, 0.3) is 5.65 Å². The van der Waals surface area contributed by atoms with Crippen molar-refractivity contribution in [3.05, 3.63) is 36.3 Å². The Kier molecular flexibility index (Phi) is 3.60. The molecule has 0 unspecified atom stereocenters. The van der Waals surface area contributed by atoms with E-state index in [1.807, 2.05) is 35.0 Å². The lowest BCUT2D eigenvalue weighted by molar-refractivity contribution is -0.144. The molecule has 6 heteroatoms. The summed E-state index contributed by atoms with van der Waals surface area (Å²) in [6.07, 6.45) is 5.98. The Morgan fingerprint density at radius 3 is 2.86 bits per heavy atom. The van der Waals surface area contributed by atoms with Crippen LogP contribution in [0, 0.1) is 5.92 Å². The highest BCUT2D eigenvalue weighted by Gasteiger charge is 2.28. The van der Waals surface area contributed by atoms with Crippen LogP contribution in [0.3, 0.4) is 0 Å². The SMILES string of the molecule is O=C(O)CN(CC1CC1)C(=O)Cc1cn2ccccc2n1. The van der Waals surface area contributed by atoms with Crippen LogP contribution in [0.15, 0.2) is 30.6 Å². The molecular formula is C15H17N3O3. The molecule has 6 nitrogen and oxygen atoms in total. The number of aromatic nitrogens is 2. The van der Waals surface area contributed by atoms with Gasteiger partial charge in [-0.15, -0.1) is 0 Å². The van der Waals surface area contributed by atoms with Gasteiger partial charge in [0, 0.05) is 18.9 Å². The summed E-state index contributed by atoms with van der Waals surface area (Å²) in [5.74, 6) is -0.680. The van der Waals surface area contributed by atoms with Crippen molar-refractivity contribution in [1.29, 1.82) is 0 Å². The standard InChI is InChI=1S/C15H17N3O3/c19-14(18(10-15(20)21)8-11-4-5-11)7-12-9-17-6-2-1-3-13(17)16-12/h1-3,6,9,11H,4-5,7-8,10H2,(H,20,21). The fourth-order valence-electron chi connectivity index (χ4n) is 2.37. The zero-order valence-electron chi connectivity index (χ0n) is 11.6. The minimum atomic E-state index is -0.973. The number of imidazole rings is 1. The second-order valence-electron chi connectivity index (χ2n) is 5.49. The van der Waals surface area contributed by atoms with E-state index in [2.05, 4.69) is 4.98 Å². The molecule has 0 radical (unpaired) electrons. The molecule has 1 fully saturated rings. The highest BCUT2D eigenvalue weighted by Crippen LogP contribution is 2.29. The average Bonchev–Trinajstić information content (AvgIpc) is 3.15. The molecule has 1 saturated carbocycles. The molecule has 0 atom stereocenters. The second-order valence-corrected chi connectivity index (χ2v) is 5.49. The van der Waals surface area contributed by atoms with Crippen LogP contribution in [-0.4, -0.2) is 44.4 Å². The summed E-state index contributed by atoms with van der Waals surface area (Å²) in [6.45, 7) is 0.307. The van der Waals surface area contributed by atoms with E-state index in [4.69, 9.17) is 5.11 Å². The topological polar surface area (TPSA) is 74.9 Å². The molecule has 1 N–H and O–H groups in total. The molecule has 0 aromatic carbocycles. The Hall–Kier alpha value is -2.37. The van der Waals surface area contributed by atoms with Crippen molar-refractivity contribution < 1.29 is 14.7 Å². The number of fused-ring (bicyclic) bond motifs is 1. The van der Waals surface area contributed by atoms with Crippen molar-refractivity contribution in [3.8, 4) is 0 Å². The summed E-state index contributed by atoms with van der Waals surface area (Å²) in [5, 5.41) is 8.93. The minimum absolute atomic E-state index is 0.141. The quantitative estimate of drug-likeness (QED) is 0.866.